The van der Waals surface area contributed by atoms with E-state index in [0.29, 0.717) is 29.0 Å². The lowest BCUT2D eigenvalue weighted by Gasteiger charge is -2.06. The zero-order valence-corrected chi connectivity index (χ0v) is 11.4. The molecule has 0 unspecified atom stereocenters. The van der Waals surface area contributed by atoms with Crippen molar-refractivity contribution in [3.8, 4) is 5.75 Å². The Balaban J connectivity index is 2.83. The SMILES string of the molecule is CCCC(=O)c1sccc1OC(=O)C(=CN)CC. The molecular weight excluding hydrogens is 250 g/mol. The van der Waals surface area contributed by atoms with Gasteiger partial charge in [0, 0.05) is 12.6 Å². The van der Waals surface area contributed by atoms with Crippen LogP contribution in [0.3, 0.4) is 0 Å². The Morgan fingerprint density at radius 1 is 1.44 bits per heavy atom. The van der Waals surface area contributed by atoms with Gasteiger partial charge in [0.25, 0.3) is 0 Å². The van der Waals surface area contributed by atoms with E-state index in [1.807, 2.05) is 13.8 Å². The van der Waals surface area contributed by atoms with Crippen LogP contribution in [0.4, 0.5) is 0 Å². The molecule has 0 bridgehead atoms. The molecule has 0 aliphatic heterocycles. The standard InChI is InChI=1S/C13H17NO3S/c1-3-5-10(15)12-11(6-7-18-12)17-13(16)9(4-2)8-14/h6-8H,3-5,14H2,1-2H3. The van der Waals surface area contributed by atoms with Gasteiger partial charge in [0.2, 0.25) is 0 Å². The molecule has 0 atom stereocenters. The third kappa shape index (κ3) is 3.43. The number of hydrogen-bond donors (Lipinski definition) is 1. The van der Waals surface area contributed by atoms with E-state index < -0.39 is 5.97 Å². The fraction of sp³-hybridized carbons (Fsp3) is 0.385. The van der Waals surface area contributed by atoms with Gasteiger partial charge in [-0.3, -0.25) is 4.79 Å². The first-order valence-corrected chi connectivity index (χ1v) is 6.75. The largest absolute Gasteiger partial charge is 0.421 e. The highest BCUT2D eigenvalue weighted by Crippen LogP contribution is 2.27. The number of Topliss-reactive ketones (excluding diaryl/α,β-unsaturated/α-hetero) is 1. The Bertz CT molecular complexity index is 463. The van der Waals surface area contributed by atoms with E-state index in [1.165, 1.54) is 17.5 Å². The molecule has 0 aliphatic rings. The number of rotatable bonds is 6. The second kappa shape index (κ2) is 6.96. The summed E-state index contributed by atoms with van der Waals surface area (Å²) in [7, 11) is 0. The van der Waals surface area contributed by atoms with Crippen molar-refractivity contribution in [1.82, 2.24) is 0 Å². The quantitative estimate of drug-likeness (QED) is 0.489. The van der Waals surface area contributed by atoms with Gasteiger partial charge in [-0.1, -0.05) is 13.8 Å². The summed E-state index contributed by atoms with van der Waals surface area (Å²) < 4.78 is 5.20. The Morgan fingerprint density at radius 2 is 2.17 bits per heavy atom. The Labute approximate surface area is 110 Å². The smallest absolute Gasteiger partial charge is 0.340 e. The van der Waals surface area contributed by atoms with Gasteiger partial charge in [-0.2, -0.15) is 0 Å². The molecule has 0 saturated carbocycles. The summed E-state index contributed by atoms with van der Waals surface area (Å²) in [6, 6.07) is 1.63. The zero-order valence-electron chi connectivity index (χ0n) is 10.6. The number of carbonyl (C=O) groups is 2. The molecule has 98 valence electrons. The molecule has 0 aliphatic carbocycles. The third-order valence-electron chi connectivity index (χ3n) is 2.41. The molecule has 18 heavy (non-hydrogen) atoms. The van der Waals surface area contributed by atoms with Crippen LogP contribution in [0.2, 0.25) is 0 Å². The van der Waals surface area contributed by atoms with Crippen LogP contribution in [0.5, 0.6) is 5.75 Å². The molecule has 1 rings (SSSR count). The predicted octanol–water partition coefficient (Wildman–Crippen LogP) is 2.89. The van der Waals surface area contributed by atoms with Crippen LogP contribution in [0.15, 0.2) is 23.2 Å². The molecule has 0 fully saturated rings. The molecule has 0 saturated heterocycles. The normalized spacial score (nSPS) is 11.3. The summed E-state index contributed by atoms with van der Waals surface area (Å²) in [4.78, 5) is 24.0. The minimum atomic E-state index is -0.496. The van der Waals surface area contributed by atoms with Gasteiger partial charge >= 0.3 is 5.97 Å². The molecule has 1 aromatic heterocycles. The Hall–Kier alpha value is -1.62. The van der Waals surface area contributed by atoms with E-state index in [9.17, 15) is 9.59 Å². The average Bonchev–Trinajstić information content (AvgIpc) is 2.79. The number of carbonyl (C=O) groups excluding carboxylic acids is 2. The lowest BCUT2D eigenvalue weighted by molar-refractivity contribution is -0.130. The van der Waals surface area contributed by atoms with Gasteiger partial charge in [-0.25, -0.2) is 4.79 Å². The summed E-state index contributed by atoms with van der Waals surface area (Å²) >= 11 is 1.29. The lowest BCUT2D eigenvalue weighted by Crippen LogP contribution is -2.13. The zero-order chi connectivity index (χ0) is 13.5. The highest BCUT2D eigenvalue weighted by molar-refractivity contribution is 7.12. The number of hydrogen-bond acceptors (Lipinski definition) is 5. The molecule has 1 aromatic rings. The van der Waals surface area contributed by atoms with Crippen LogP contribution in [0.25, 0.3) is 0 Å². The van der Waals surface area contributed by atoms with Crippen molar-refractivity contribution in [1.29, 1.82) is 0 Å². The van der Waals surface area contributed by atoms with Crippen molar-refractivity contribution in [3.05, 3.63) is 28.1 Å². The molecule has 0 amide bonds. The summed E-state index contributed by atoms with van der Waals surface area (Å²) in [6.45, 7) is 3.75. The van der Waals surface area contributed by atoms with Crippen molar-refractivity contribution >= 4 is 23.1 Å². The molecule has 5 heteroatoms. The van der Waals surface area contributed by atoms with Crippen LogP contribution in [0, 0.1) is 0 Å². The van der Waals surface area contributed by atoms with Crippen molar-refractivity contribution in [2.24, 2.45) is 5.73 Å². The molecule has 0 aromatic carbocycles. The Kier molecular flexibility index (Phi) is 5.58. The van der Waals surface area contributed by atoms with Crippen LogP contribution >= 0.6 is 11.3 Å². The number of ketones is 1. The predicted molar refractivity (Wildman–Crippen MR) is 71.8 cm³/mol. The fourth-order valence-electron chi connectivity index (χ4n) is 1.42. The van der Waals surface area contributed by atoms with E-state index in [0.717, 1.165) is 6.42 Å². The number of ether oxygens (including phenoxy) is 1. The van der Waals surface area contributed by atoms with Crippen LogP contribution in [0.1, 0.15) is 42.8 Å². The molecule has 0 radical (unpaired) electrons. The average molecular weight is 267 g/mol. The van der Waals surface area contributed by atoms with Gasteiger partial charge in [0.05, 0.1) is 5.57 Å². The number of esters is 1. The molecule has 2 N–H and O–H groups in total. The topological polar surface area (TPSA) is 69.4 Å². The fourth-order valence-corrected chi connectivity index (χ4v) is 2.20. The van der Waals surface area contributed by atoms with Crippen LogP contribution in [-0.4, -0.2) is 11.8 Å². The Morgan fingerprint density at radius 3 is 2.72 bits per heavy atom. The van der Waals surface area contributed by atoms with E-state index in [4.69, 9.17) is 10.5 Å². The minimum absolute atomic E-state index is 0.00470. The molecular formula is C13H17NO3S. The first kappa shape index (κ1) is 14.4. The van der Waals surface area contributed by atoms with Gasteiger partial charge < -0.3 is 10.5 Å². The summed E-state index contributed by atoms with van der Waals surface area (Å²) in [5.41, 5.74) is 5.73. The van der Waals surface area contributed by atoms with Gasteiger partial charge in [-0.05, 0) is 24.3 Å². The van der Waals surface area contributed by atoms with E-state index in [1.54, 1.807) is 11.4 Å². The molecule has 4 nitrogen and oxygen atoms in total. The molecule has 0 spiro atoms. The van der Waals surface area contributed by atoms with E-state index >= 15 is 0 Å². The second-order valence-electron chi connectivity index (χ2n) is 3.72. The van der Waals surface area contributed by atoms with Gasteiger partial charge in [-0.15, -0.1) is 11.3 Å². The maximum absolute atomic E-state index is 11.8. The first-order chi connectivity index (χ1) is 8.63. The highest BCUT2D eigenvalue weighted by Gasteiger charge is 2.17. The summed E-state index contributed by atoms with van der Waals surface area (Å²) in [5.74, 6) is -0.162. The lowest BCUT2D eigenvalue weighted by atomic mass is 10.2. The van der Waals surface area contributed by atoms with E-state index in [-0.39, 0.29) is 5.78 Å². The molecule has 1 heterocycles. The number of thiophene rings is 1. The maximum atomic E-state index is 11.8. The van der Waals surface area contributed by atoms with E-state index in [2.05, 4.69) is 0 Å². The van der Waals surface area contributed by atoms with Crippen LogP contribution in [-0.2, 0) is 4.79 Å². The van der Waals surface area contributed by atoms with Crippen molar-refractivity contribution in [2.75, 3.05) is 0 Å². The van der Waals surface area contributed by atoms with Crippen molar-refractivity contribution < 1.29 is 14.3 Å². The van der Waals surface area contributed by atoms with Crippen LogP contribution < -0.4 is 10.5 Å². The van der Waals surface area contributed by atoms with Gasteiger partial charge in [0.15, 0.2) is 11.5 Å². The van der Waals surface area contributed by atoms with Gasteiger partial charge in [0.1, 0.15) is 4.88 Å². The van der Waals surface area contributed by atoms with Crippen molar-refractivity contribution in [3.63, 3.8) is 0 Å². The number of nitrogens with two attached hydrogens (primary N) is 1. The summed E-state index contributed by atoms with van der Waals surface area (Å²) in [6.07, 6.45) is 2.96. The second-order valence-corrected chi connectivity index (χ2v) is 4.64. The third-order valence-corrected chi connectivity index (χ3v) is 3.34. The maximum Gasteiger partial charge on any atom is 0.340 e. The first-order valence-electron chi connectivity index (χ1n) is 5.87. The summed E-state index contributed by atoms with van der Waals surface area (Å²) in [5, 5.41) is 1.74. The minimum Gasteiger partial charge on any atom is -0.421 e. The highest BCUT2D eigenvalue weighted by atomic mass is 32.1. The monoisotopic (exact) mass is 267 g/mol. The van der Waals surface area contributed by atoms with Crippen molar-refractivity contribution in [2.45, 2.75) is 33.1 Å².